The molecule has 0 aromatic heterocycles. The molecule has 1 saturated heterocycles. The number of hydrogen-bond acceptors (Lipinski definition) is 3. The maximum atomic E-state index is 12.0. The van der Waals surface area contributed by atoms with Crippen LogP contribution in [0.15, 0.2) is 48.5 Å². The highest BCUT2D eigenvalue weighted by Gasteiger charge is 2.43. The number of ether oxygens (including phenoxy) is 1. The lowest BCUT2D eigenvalue weighted by molar-refractivity contribution is -0.123. The first-order valence-electron chi connectivity index (χ1n) is 7.09. The molecule has 2 aromatic carbocycles. The minimum Gasteiger partial charge on any atom is -0.489 e. The number of nitrogens with one attached hydrogen (secondary N) is 2. The van der Waals surface area contributed by atoms with Crippen LogP contribution in [0.5, 0.6) is 5.75 Å². The van der Waals surface area contributed by atoms with Gasteiger partial charge in [-0.2, -0.15) is 0 Å². The van der Waals surface area contributed by atoms with E-state index in [2.05, 4.69) is 10.6 Å². The summed E-state index contributed by atoms with van der Waals surface area (Å²) in [6.45, 7) is 2.02. The van der Waals surface area contributed by atoms with Crippen LogP contribution in [0, 0.1) is 0 Å². The Hall–Kier alpha value is -2.53. The van der Waals surface area contributed by atoms with Gasteiger partial charge in [0.25, 0.3) is 5.91 Å². The van der Waals surface area contributed by atoms with Gasteiger partial charge in [-0.15, -0.1) is 0 Å². The van der Waals surface area contributed by atoms with Crippen molar-refractivity contribution >= 4 is 23.5 Å². The van der Waals surface area contributed by atoms with Crippen molar-refractivity contribution in [1.82, 2.24) is 10.6 Å². The van der Waals surface area contributed by atoms with Crippen LogP contribution in [0.1, 0.15) is 18.1 Å². The van der Waals surface area contributed by atoms with Crippen LogP contribution in [-0.2, 0) is 16.9 Å². The van der Waals surface area contributed by atoms with Gasteiger partial charge in [-0.1, -0.05) is 35.9 Å². The summed E-state index contributed by atoms with van der Waals surface area (Å²) in [5.74, 6) is 0.229. The number of carbonyl (C=O) groups excluding carboxylic acids is 2. The predicted octanol–water partition coefficient (Wildman–Crippen LogP) is 2.97. The highest BCUT2D eigenvalue weighted by molar-refractivity contribution is 6.30. The van der Waals surface area contributed by atoms with Crippen LogP contribution >= 0.6 is 11.6 Å². The summed E-state index contributed by atoms with van der Waals surface area (Å²) < 4.78 is 5.75. The van der Waals surface area contributed by atoms with Crippen LogP contribution < -0.4 is 15.4 Å². The van der Waals surface area contributed by atoms with E-state index >= 15 is 0 Å². The minimum absolute atomic E-state index is 0.360. The maximum Gasteiger partial charge on any atom is 0.322 e. The molecule has 1 aliphatic heterocycles. The number of amides is 3. The Morgan fingerprint density at radius 3 is 2.61 bits per heavy atom. The largest absolute Gasteiger partial charge is 0.489 e. The second kappa shape index (κ2) is 5.93. The van der Waals surface area contributed by atoms with Gasteiger partial charge in [-0.25, -0.2) is 4.79 Å². The highest BCUT2D eigenvalue weighted by atomic mass is 35.5. The molecule has 23 heavy (non-hydrogen) atoms. The SMILES string of the molecule is CC1(c2cccc(OCc3cccc(Cl)c3)c2)NC(=O)NC1=O. The first-order chi connectivity index (χ1) is 11.0. The average molecular weight is 331 g/mol. The van der Waals surface area contributed by atoms with Gasteiger partial charge in [0.2, 0.25) is 0 Å². The molecule has 6 heteroatoms. The van der Waals surface area contributed by atoms with Gasteiger partial charge in [0.1, 0.15) is 17.9 Å². The standard InChI is InChI=1S/C17H15ClN2O3/c1-17(15(21)19-16(22)20-17)12-5-3-7-14(9-12)23-10-11-4-2-6-13(18)8-11/h2-9H,10H2,1H3,(H2,19,20,21,22). The van der Waals surface area contributed by atoms with Gasteiger partial charge < -0.3 is 10.1 Å². The Bertz CT molecular complexity index is 778. The normalized spacial score (nSPS) is 20.1. The molecule has 0 spiro atoms. The van der Waals surface area contributed by atoms with Crippen molar-refractivity contribution in [3.63, 3.8) is 0 Å². The summed E-state index contributed by atoms with van der Waals surface area (Å²) in [6, 6.07) is 14.0. The highest BCUT2D eigenvalue weighted by Crippen LogP contribution is 2.27. The second-order valence-electron chi connectivity index (χ2n) is 5.48. The van der Waals surface area contributed by atoms with E-state index < -0.39 is 11.6 Å². The van der Waals surface area contributed by atoms with Crippen LogP contribution in [-0.4, -0.2) is 11.9 Å². The molecule has 3 rings (SSSR count). The van der Waals surface area contributed by atoms with Crippen molar-refractivity contribution in [1.29, 1.82) is 0 Å². The monoisotopic (exact) mass is 330 g/mol. The fourth-order valence-corrected chi connectivity index (χ4v) is 2.65. The third-order valence-corrected chi connectivity index (χ3v) is 3.99. The average Bonchev–Trinajstić information content (AvgIpc) is 2.79. The van der Waals surface area contributed by atoms with E-state index in [1.54, 1.807) is 37.3 Å². The lowest BCUT2D eigenvalue weighted by Gasteiger charge is -2.21. The summed E-state index contributed by atoms with van der Waals surface area (Å²) >= 11 is 5.95. The minimum atomic E-state index is -1.09. The molecule has 0 radical (unpaired) electrons. The molecule has 1 fully saturated rings. The zero-order valence-corrected chi connectivity index (χ0v) is 13.2. The molecule has 1 unspecified atom stereocenters. The molecule has 1 aliphatic rings. The molecule has 5 nitrogen and oxygen atoms in total. The third-order valence-electron chi connectivity index (χ3n) is 3.75. The Morgan fingerprint density at radius 2 is 1.91 bits per heavy atom. The van der Waals surface area contributed by atoms with E-state index in [0.29, 0.717) is 22.9 Å². The fourth-order valence-electron chi connectivity index (χ4n) is 2.44. The molecular formula is C17H15ClN2O3. The quantitative estimate of drug-likeness (QED) is 0.847. The molecule has 2 aromatic rings. The Balaban J connectivity index is 1.78. The first kappa shape index (κ1) is 15.4. The van der Waals surface area contributed by atoms with Crippen molar-refractivity contribution in [3.8, 4) is 5.75 Å². The van der Waals surface area contributed by atoms with E-state index in [-0.39, 0.29) is 5.91 Å². The summed E-state index contributed by atoms with van der Waals surface area (Å²) in [6.07, 6.45) is 0. The van der Waals surface area contributed by atoms with Crippen LogP contribution in [0.4, 0.5) is 4.79 Å². The van der Waals surface area contributed by atoms with E-state index in [1.165, 1.54) is 0 Å². The summed E-state index contributed by atoms with van der Waals surface area (Å²) in [7, 11) is 0. The molecule has 2 N–H and O–H groups in total. The number of urea groups is 1. The molecule has 118 valence electrons. The number of benzene rings is 2. The van der Waals surface area contributed by atoms with E-state index in [0.717, 1.165) is 5.56 Å². The van der Waals surface area contributed by atoms with Gasteiger partial charge in [-0.3, -0.25) is 10.1 Å². The molecule has 0 bridgehead atoms. The second-order valence-corrected chi connectivity index (χ2v) is 5.92. The van der Waals surface area contributed by atoms with Crippen LogP contribution in [0.3, 0.4) is 0 Å². The summed E-state index contributed by atoms with van der Waals surface area (Å²) in [5, 5.41) is 5.53. The Labute approximate surface area is 138 Å². The topological polar surface area (TPSA) is 67.4 Å². The smallest absolute Gasteiger partial charge is 0.322 e. The predicted molar refractivity (Wildman–Crippen MR) is 86.3 cm³/mol. The first-order valence-corrected chi connectivity index (χ1v) is 7.46. The number of carbonyl (C=O) groups is 2. The molecular weight excluding hydrogens is 316 g/mol. The number of hydrogen-bond donors (Lipinski definition) is 2. The van der Waals surface area contributed by atoms with Gasteiger partial charge in [0, 0.05) is 5.02 Å². The van der Waals surface area contributed by atoms with Crippen molar-refractivity contribution in [2.24, 2.45) is 0 Å². The lowest BCUT2D eigenvalue weighted by atomic mass is 9.92. The van der Waals surface area contributed by atoms with Gasteiger partial charge in [-0.05, 0) is 42.3 Å². The third kappa shape index (κ3) is 3.14. The van der Waals surface area contributed by atoms with Gasteiger partial charge in [0.05, 0.1) is 0 Å². The zero-order valence-electron chi connectivity index (χ0n) is 12.4. The lowest BCUT2D eigenvalue weighted by Crippen LogP contribution is -2.40. The number of imide groups is 1. The van der Waals surface area contributed by atoms with Crippen molar-refractivity contribution < 1.29 is 14.3 Å². The van der Waals surface area contributed by atoms with Crippen LogP contribution in [0.2, 0.25) is 5.02 Å². The Morgan fingerprint density at radius 1 is 1.13 bits per heavy atom. The number of rotatable bonds is 4. The zero-order chi connectivity index (χ0) is 16.4. The van der Waals surface area contributed by atoms with Crippen molar-refractivity contribution in [2.75, 3.05) is 0 Å². The van der Waals surface area contributed by atoms with E-state index in [4.69, 9.17) is 16.3 Å². The van der Waals surface area contributed by atoms with Crippen LogP contribution in [0.25, 0.3) is 0 Å². The summed E-state index contributed by atoms with van der Waals surface area (Å²) in [4.78, 5) is 23.4. The maximum absolute atomic E-state index is 12.0. The molecule has 1 heterocycles. The van der Waals surface area contributed by atoms with Gasteiger partial charge >= 0.3 is 6.03 Å². The summed E-state index contributed by atoms with van der Waals surface area (Å²) in [5.41, 5.74) is 0.512. The molecule has 0 aliphatic carbocycles. The fraction of sp³-hybridized carbons (Fsp3) is 0.176. The van der Waals surface area contributed by atoms with E-state index in [9.17, 15) is 9.59 Å². The molecule has 0 saturated carbocycles. The van der Waals surface area contributed by atoms with Gasteiger partial charge in [0.15, 0.2) is 0 Å². The molecule has 1 atom stereocenters. The van der Waals surface area contributed by atoms with E-state index in [1.807, 2.05) is 18.2 Å². The molecule has 3 amide bonds. The number of halogens is 1. The Kier molecular flexibility index (Phi) is 3.96. The van der Waals surface area contributed by atoms with Crippen molar-refractivity contribution in [2.45, 2.75) is 19.1 Å². The van der Waals surface area contributed by atoms with Crippen molar-refractivity contribution in [3.05, 3.63) is 64.7 Å².